The first-order valence-electron chi connectivity index (χ1n) is 8.70. The van der Waals surface area contributed by atoms with Crippen LogP contribution in [-0.4, -0.2) is 20.5 Å². The third-order valence-electron chi connectivity index (χ3n) is 4.29. The Morgan fingerprint density at radius 2 is 2.07 bits per heavy atom. The number of aryl methyl sites for hydroxylation is 1. The molecule has 0 spiro atoms. The van der Waals surface area contributed by atoms with Crippen molar-refractivity contribution in [3.8, 4) is 10.8 Å². The molecule has 0 saturated carbocycles. The van der Waals surface area contributed by atoms with E-state index in [1.54, 1.807) is 37.6 Å². The van der Waals surface area contributed by atoms with Crippen molar-refractivity contribution in [1.82, 2.24) is 14.5 Å². The summed E-state index contributed by atoms with van der Waals surface area (Å²) in [5, 5.41) is 3.14. The van der Waals surface area contributed by atoms with Crippen LogP contribution in [0.1, 0.15) is 17.9 Å². The average molecular weight is 395 g/mol. The van der Waals surface area contributed by atoms with Crippen molar-refractivity contribution >= 4 is 28.2 Å². The minimum atomic E-state index is -0.366. The molecule has 7 nitrogen and oxygen atoms in total. The summed E-state index contributed by atoms with van der Waals surface area (Å²) < 4.78 is 12.1. The summed E-state index contributed by atoms with van der Waals surface area (Å²) in [7, 11) is 1.66. The van der Waals surface area contributed by atoms with Crippen molar-refractivity contribution in [2.24, 2.45) is 7.05 Å². The van der Waals surface area contributed by atoms with Gasteiger partial charge in [-0.05, 0) is 24.3 Å². The molecule has 0 unspecified atom stereocenters. The third kappa shape index (κ3) is 3.72. The molecule has 8 heteroatoms. The average Bonchev–Trinajstić information content (AvgIpc) is 3.39. The largest absolute Gasteiger partial charge is 0.462 e. The van der Waals surface area contributed by atoms with Crippen LogP contribution >= 0.6 is 11.3 Å². The van der Waals surface area contributed by atoms with Crippen molar-refractivity contribution in [2.75, 3.05) is 0 Å². The maximum Gasteiger partial charge on any atom is 0.306 e. The predicted octanol–water partition coefficient (Wildman–Crippen LogP) is 3.33. The van der Waals surface area contributed by atoms with E-state index in [0.29, 0.717) is 34.6 Å². The van der Waals surface area contributed by atoms with Gasteiger partial charge < -0.3 is 9.15 Å². The molecule has 4 aromatic rings. The summed E-state index contributed by atoms with van der Waals surface area (Å²) in [5.74, 6) is 0.871. The molecule has 0 saturated heterocycles. The first-order valence-corrected chi connectivity index (χ1v) is 9.58. The van der Waals surface area contributed by atoms with Gasteiger partial charge in [0.25, 0.3) is 5.56 Å². The smallest absolute Gasteiger partial charge is 0.306 e. The zero-order valence-electron chi connectivity index (χ0n) is 15.1. The van der Waals surface area contributed by atoms with E-state index in [1.165, 1.54) is 15.9 Å². The molecule has 0 aliphatic rings. The molecule has 0 fully saturated rings. The lowest BCUT2D eigenvalue weighted by atomic mass is 10.2. The highest BCUT2D eigenvalue weighted by Gasteiger charge is 2.12. The number of furan rings is 1. The second-order valence-corrected chi connectivity index (χ2v) is 7.05. The van der Waals surface area contributed by atoms with Gasteiger partial charge in [0.1, 0.15) is 12.4 Å². The molecule has 142 valence electrons. The molecule has 0 aliphatic heterocycles. The number of nitrogens with zero attached hydrogens (tertiary/aromatic N) is 3. The molecule has 0 N–H and O–H groups in total. The van der Waals surface area contributed by atoms with Gasteiger partial charge >= 0.3 is 5.97 Å². The molecule has 4 rings (SSSR count). The first-order chi connectivity index (χ1) is 13.6. The number of hydrogen-bond donors (Lipinski definition) is 0. The SMILES string of the molecule is Cn1c(CCC(=O)OCc2csc(-c3ccco3)n2)nc2ccccc2c1=O. The molecule has 3 heterocycles. The number of rotatable bonds is 6. The second kappa shape index (κ2) is 7.77. The lowest BCUT2D eigenvalue weighted by Crippen LogP contribution is -2.23. The number of carbonyl (C=O) groups is 1. The quantitative estimate of drug-likeness (QED) is 0.466. The maximum atomic E-state index is 12.4. The Morgan fingerprint density at radius 1 is 1.21 bits per heavy atom. The fourth-order valence-corrected chi connectivity index (χ4v) is 3.59. The number of carbonyl (C=O) groups excluding carboxylic acids is 1. The van der Waals surface area contributed by atoms with Crippen LogP contribution in [0.15, 0.2) is 57.3 Å². The number of hydrogen-bond acceptors (Lipinski definition) is 7. The van der Waals surface area contributed by atoms with Crippen LogP contribution < -0.4 is 5.56 Å². The summed E-state index contributed by atoms with van der Waals surface area (Å²) in [6.45, 7) is 0.0973. The monoisotopic (exact) mass is 395 g/mol. The molecule has 3 aromatic heterocycles. The number of aromatic nitrogens is 3. The van der Waals surface area contributed by atoms with Gasteiger partial charge in [-0.25, -0.2) is 9.97 Å². The van der Waals surface area contributed by atoms with E-state index >= 15 is 0 Å². The maximum absolute atomic E-state index is 12.4. The minimum Gasteiger partial charge on any atom is -0.462 e. The van der Waals surface area contributed by atoms with Gasteiger partial charge in [0.05, 0.1) is 29.3 Å². The Bertz CT molecular complexity index is 1180. The summed E-state index contributed by atoms with van der Waals surface area (Å²) in [5.41, 5.74) is 1.17. The van der Waals surface area contributed by atoms with Gasteiger partial charge in [-0.3, -0.25) is 14.2 Å². The molecular weight excluding hydrogens is 378 g/mol. The fourth-order valence-electron chi connectivity index (χ4n) is 2.81. The second-order valence-electron chi connectivity index (χ2n) is 6.19. The van der Waals surface area contributed by atoms with Crippen LogP contribution in [0.25, 0.3) is 21.7 Å². The van der Waals surface area contributed by atoms with Crippen molar-refractivity contribution in [2.45, 2.75) is 19.4 Å². The van der Waals surface area contributed by atoms with Crippen molar-refractivity contribution in [3.05, 3.63) is 69.9 Å². The van der Waals surface area contributed by atoms with E-state index in [2.05, 4.69) is 9.97 Å². The predicted molar refractivity (Wildman–Crippen MR) is 105 cm³/mol. The van der Waals surface area contributed by atoms with Crippen LogP contribution in [-0.2, 0) is 29.6 Å². The number of ether oxygens (including phenoxy) is 1. The topological polar surface area (TPSA) is 87.2 Å². The summed E-state index contributed by atoms with van der Waals surface area (Å²) in [6.07, 6.45) is 2.04. The van der Waals surface area contributed by atoms with Gasteiger partial charge in [-0.1, -0.05) is 12.1 Å². The van der Waals surface area contributed by atoms with Crippen LogP contribution in [0.3, 0.4) is 0 Å². The number of fused-ring (bicyclic) bond motifs is 1. The Kier molecular flexibility index (Phi) is 5.03. The Balaban J connectivity index is 1.37. The molecule has 0 radical (unpaired) electrons. The summed E-state index contributed by atoms with van der Waals surface area (Å²) in [4.78, 5) is 33.4. The van der Waals surface area contributed by atoms with E-state index in [1.807, 2.05) is 17.5 Å². The van der Waals surface area contributed by atoms with Gasteiger partial charge in [0.15, 0.2) is 10.8 Å². The highest BCUT2D eigenvalue weighted by Crippen LogP contribution is 2.24. The fraction of sp³-hybridized carbons (Fsp3) is 0.200. The molecule has 28 heavy (non-hydrogen) atoms. The number of thiazole rings is 1. The molecule has 0 atom stereocenters. The summed E-state index contributed by atoms with van der Waals surface area (Å²) >= 11 is 1.43. The number of esters is 1. The molecule has 0 aliphatic carbocycles. The Hall–Kier alpha value is -3.26. The van der Waals surface area contributed by atoms with Crippen molar-refractivity contribution in [3.63, 3.8) is 0 Å². The minimum absolute atomic E-state index is 0.0973. The highest BCUT2D eigenvalue weighted by atomic mass is 32.1. The van der Waals surface area contributed by atoms with E-state index in [0.717, 1.165) is 5.01 Å². The van der Waals surface area contributed by atoms with E-state index < -0.39 is 0 Å². The van der Waals surface area contributed by atoms with Gasteiger partial charge in [-0.15, -0.1) is 11.3 Å². The molecule has 0 amide bonds. The van der Waals surface area contributed by atoms with Crippen molar-refractivity contribution < 1.29 is 13.9 Å². The normalized spacial score (nSPS) is 11.0. The van der Waals surface area contributed by atoms with E-state index in [4.69, 9.17) is 9.15 Å². The van der Waals surface area contributed by atoms with Crippen LogP contribution in [0.5, 0.6) is 0 Å². The summed E-state index contributed by atoms with van der Waals surface area (Å²) in [6, 6.07) is 10.8. The Labute approximate surface area is 164 Å². The number of para-hydroxylation sites is 1. The van der Waals surface area contributed by atoms with Crippen LogP contribution in [0.2, 0.25) is 0 Å². The highest BCUT2D eigenvalue weighted by molar-refractivity contribution is 7.13. The van der Waals surface area contributed by atoms with Crippen LogP contribution in [0, 0.1) is 0 Å². The zero-order chi connectivity index (χ0) is 19.5. The third-order valence-corrected chi connectivity index (χ3v) is 5.20. The standard InChI is InChI=1S/C20H17N3O4S/c1-23-17(22-15-6-3-2-5-14(15)20(23)25)8-9-18(24)27-11-13-12-28-19(21-13)16-7-4-10-26-16/h2-7,10,12H,8-9,11H2,1H3. The van der Waals surface area contributed by atoms with Gasteiger partial charge in [0, 0.05) is 18.8 Å². The van der Waals surface area contributed by atoms with Crippen molar-refractivity contribution in [1.29, 1.82) is 0 Å². The first kappa shape index (κ1) is 18.1. The van der Waals surface area contributed by atoms with Gasteiger partial charge in [-0.2, -0.15) is 0 Å². The number of benzene rings is 1. The Morgan fingerprint density at radius 3 is 2.89 bits per heavy atom. The van der Waals surface area contributed by atoms with Crippen LogP contribution in [0.4, 0.5) is 0 Å². The molecule has 0 bridgehead atoms. The zero-order valence-corrected chi connectivity index (χ0v) is 15.9. The van der Waals surface area contributed by atoms with E-state index in [-0.39, 0.29) is 24.6 Å². The van der Waals surface area contributed by atoms with Gasteiger partial charge in [0.2, 0.25) is 0 Å². The lowest BCUT2D eigenvalue weighted by molar-refractivity contribution is -0.145. The van der Waals surface area contributed by atoms with E-state index in [9.17, 15) is 9.59 Å². The molecular formula is C20H17N3O4S. The molecule has 1 aromatic carbocycles. The lowest BCUT2D eigenvalue weighted by Gasteiger charge is -2.09.